The number of rotatable bonds is 7. The van der Waals surface area contributed by atoms with Crippen LogP contribution in [-0.2, 0) is 4.79 Å². The molecular formula is C39H34F4N8O2. The van der Waals surface area contributed by atoms with Crippen LogP contribution in [0.25, 0.3) is 39.0 Å². The first-order valence-electron chi connectivity index (χ1n) is 17.5. The van der Waals surface area contributed by atoms with Crippen molar-refractivity contribution in [3.63, 3.8) is 0 Å². The van der Waals surface area contributed by atoms with Crippen molar-refractivity contribution in [3.05, 3.63) is 83.8 Å². The normalized spacial score (nSPS) is 20.8. The minimum Gasteiger partial charge on any atom is -0.461 e. The lowest BCUT2D eigenvalue weighted by atomic mass is 9.95. The molecule has 3 saturated heterocycles. The number of pyridine rings is 1. The molecule has 0 radical (unpaired) electrons. The Morgan fingerprint density at radius 1 is 1.02 bits per heavy atom. The smallest absolute Gasteiger partial charge is 0.319 e. The minimum atomic E-state index is -0.990. The second-order valence-electron chi connectivity index (χ2n) is 13.6. The average molecular weight is 723 g/mol. The van der Waals surface area contributed by atoms with Gasteiger partial charge in [0.05, 0.1) is 16.5 Å². The number of terminal acetylenes is 1. The van der Waals surface area contributed by atoms with Gasteiger partial charge in [-0.05, 0) is 43.3 Å². The molecule has 0 bridgehead atoms. The first kappa shape index (κ1) is 34.4. The maximum Gasteiger partial charge on any atom is 0.319 e. The van der Waals surface area contributed by atoms with Gasteiger partial charge in [0, 0.05) is 74.8 Å². The van der Waals surface area contributed by atoms with E-state index < -0.39 is 35.1 Å². The Morgan fingerprint density at radius 3 is 2.70 bits per heavy atom. The molecule has 10 nitrogen and oxygen atoms in total. The quantitative estimate of drug-likeness (QED) is 0.116. The third-order valence-corrected chi connectivity index (χ3v) is 10.4. The van der Waals surface area contributed by atoms with E-state index in [9.17, 15) is 13.6 Å². The second kappa shape index (κ2) is 14.0. The molecule has 3 aliphatic rings. The number of alkyl halides is 1. The lowest BCUT2D eigenvalue weighted by molar-refractivity contribution is -0.128. The van der Waals surface area contributed by atoms with Crippen LogP contribution in [0.2, 0.25) is 0 Å². The Labute approximate surface area is 302 Å². The fraction of sp³-hybridized carbons (Fsp3) is 0.333. The number of fused-ring (bicyclic) bond motifs is 3. The van der Waals surface area contributed by atoms with Crippen molar-refractivity contribution in [3.8, 4) is 29.6 Å². The first-order valence-corrected chi connectivity index (χ1v) is 17.5. The van der Waals surface area contributed by atoms with E-state index in [1.807, 2.05) is 4.90 Å². The predicted molar refractivity (Wildman–Crippen MR) is 191 cm³/mol. The molecule has 14 heteroatoms. The molecule has 0 saturated carbocycles. The van der Waals surface area contributed by atoms with Gasteiger partial charge in [-0.2, -0.15) is 9.97 Å². The third-order valence-electron chi connectivity index (χ3n) is 10.4. The Morgan fingerprint density at radius 2 is 1.87 bits per heavy atom. The molecule has 5 aromatic rings. The highest BCUT2D eigenvalue weighted by molar-refractivity contribution is 6.02. The highest BCUT2D eigenvalue weighted by Crippen LogP contribution is 2.41. The summed E-state index contributed by atoms with van der Waals surface area (Å²) in [5.41, 5.74) is -0.409. The van der Waals surface area contributed by atoms with Crippen molar-refractivity contribution in [2.24, 2.45) is 0 Å². The lowest BCUT2D eigenvalue weighted by Crippen LogP contribution is -2.43. The molecule has 1 amide bonds. The maximum atomic E-state index is 16.9. The molecule has 53 heavy (non-hydrogen) atoms. The van der Waals surface area contributed by atoms with E-state index in [0.717, 1.165) is 25.5 Å². The third kappa shape index (κ3) is 6.39. The van der Waals surface area contributed by atoms with Crippen LogP contribution in [0.1, 0.15) is 37.1 Å². The number of hydrogen-bond acceptors (Lipinski definition) is 9. The van der Waals surface area contributed by atoms with Gasteiger partial charge in [0.1, 0.15) is 35.6 Å². The van der Waals surface area contributed by atoms with E-state index in [0.29, 0.717) is 42.5 Å². The van der Waals surface area contributed by atoms with Crippen molar-refractivity contribution < 1.29 is 27.1 Å². The SMILES string of the molecule is C#Cc1c(F)ccc2cccc(-c3ncc4c(N5CCCN(C(=O)/C(F)=C/c6ncccn6)CC5)nc(OC[C@@]56CCCN5C[C@H](F)C6)nc4c3F)c12. The first-order chi connectivity index (χ1) is 25.7. The number of hydrogen-bond donors (Lipinski definition) is 0. The van der Waals surface area contributed by atoms with Gasteiger partial charge in [0.2, 0.25) is 0 Å². The highest BCUT2D eigenvalue weighted by atomic mass is 19.1. The van der Waals surface area contributed by atoms with Crippen LogP contribution < -0.4 is 9.64 Å². The molecule has 3 fully saturated rings. The van der Waals surface area contributed by atoms with Crippen LogP contribution in [0.3, 0.4) is 0 Å². The van der Waals surface area contributed by atoms with Gasteiger partial charge < -0.3 is 14.5 Å². The van der Waals surface area contributed by atoms with Gasteiger partial charge in [-0.15, -0.1) is 6.42 Å². The fourth-order valence-corrected chi connectivity index (χ4v) is 7.90. The Bertz CT molecular complexity index is 2300. The van der Waals surface area contributed by atoms with Crippen molar-refractivity contribution in [2.45, 2.75) is 37.4 Å². The zero-order chi connectivity index (χ0) is 36.7. The zero-order valence-electron chi connectivity index (χ0n) is 28.6. The molecule has 0 aliphatic carbocycles. The van der Waals surface area contributed by atoms with E-state index in [-0.39, 0.29) is 65.8 Å². The maximum absolute atomic E-state index is 16.9. The average Bonchev–Trinajstić information content (AvgIpc) is 3.58. The van der Waals surface area contributed by atoms with Crippen LogP contribution in [0.15, 0.2) is 60.8 Å². The summed E-state index contributed by atoms with van der Waals surface area (Å²) in [6, 6.07) is 9.42. The van der Waals surface area contributed by atoms with Gasteiger partial charge in [-0.25, -0.2) is 27.5 Å². The Hall–Kier alpha value is -5.68. The van der Waals surface area contributed by atoms with Gasteiger partial charge >= 0.3 is 6.01 Å². The zero-order valence-corrected chi connectivity index (χ0v) is 28.6. The Balaban J connectivity index is 1.17. The molecule has 0 unspecified atom stereocenters. The van der Waals surface area contributed by atoms with Crippen molar-refractivity contribution in [1.29, 1.82) is 0 Å². The number of carbonyl (C=O) groups is 1. The topological polar surface area (TPSA) is 100 Å². The molecule has 3 aromatic heterocycles. The summed E-state index contributed by atoms with van der Waals surface area (Å²) >= 11 is 0. The number of carbonyl (C=O) groups excluding carboxylic acids is 1. The predicted octanol–water partition coefficient (Wildman–Crippen LogP) is 5.90. The van der Waals surface area contributed by atoms with E-state index >= 15 is 8.78 Å². The number of anilines is 1. The van der Waals surface area contributed by atoms with Crippen LogP contribution in [0.5, 0.6) is 6.01 Å². The summed E-state index contributed by atoms with van der Waals surface area (Å²) in [5, 5.41) is 1.23. The number of halogens is 4. The number of ether oxygens (including phenoxy) is 1. The molecule has 0 spiro atoms. The summed E-state index contributed by atoms with van der Waals surface area (Å²) in [4.78, 5) is 40.2. The van der Waals surface area contributed by atoms with Gasteiger partial charge in [0.25, 0.3) is 5.91 Å². The van der Waals surface area contributed by atoms with Crippen LogP contribution in [-0.4, -0.2) is 98.2 Å². The van der Waals surface area contributed by atoms with Crippen LogP contribution >= 0.6 is 0 Å². The monoisotopic (exact) mass is 722 g/mol. The van der Waals surface area contributed by atoms with Crippen LogP contribution in [0, 0.1) is 24.0 Å². The van der Waals surface area contributed by atoms with E-state index in [2.05, 4.69) is 30.8 Å². The van der Waals surface area contributed by atoms with Gasteiger partial charge in [-0.3, -0.25) is 14.7 Å². The molecule has 3 aliphatic heterocycles. The van der Waals surface area contributed by atoms with Crippen LogP contribution in [0.4, 0.5) is 23.4 Å². The Kier molecular flexibility index (Phi) is 9.11. The molecule has 6 heterocycles. The van der Waals surface area contributed by atoms with Crippen molar-refractivity contribution in [2.75, 3.05) is 50.8 Å². The molecule has 0 N–H and O–H groups in total. The molecule has 2 atom stereocenters. The van der Waals surface area contributed by atoms with Crippen molar-refractivity contribution in [1.82, 2.24) is 34.7 Å². The largest absolute Gasteiger partial charge is 0.461 e. The van der Waals surface area contributed by atoms with Gasteiger partial charge in [-0.1, -0.05) is 30.2 Å². The van der Waals surface area contributed by atoms with E-state index in [1.54, 1.807) is 30.3 Å². The van der Waals surface area contributed by atoms with Gasteiger partial charge in [0.15, 0.2) is 17.5 Å². The molecule has 270 valence electrons. The summed E-state index contributed by atoms with van der Waals surface area (Å²) in [6.45, 7) is 2.22. The summed E-state index contributed by atoms with van der Waals surface area (Å²) < 4.78 is 67.6. The van der Waals surface area contributed by atoms with Crippen molar-refractivity contribution >= 4 is 39.5 Å². The fourth-order valence-electron chi connectivity index (χ4n) is 7.90. The number of benzene rings is 2. The minimum absolute atomic E-state index is 0.0128. The molecule has 8 rings (SSSR count). The number of amides is 1. The molecular weight excluding hydrogens is 688 g/mol. The second-order valence-corrected chi connectivity index (χ2v) is 13.6. The standard InChI is InChI=1S/C39H34F4N8O2/c1-2-26-29(41)10-9-24-7-3-8-27(32(24)26)34-33(43)35-28(21-46-34)36(48-38(47-35)53-23-39-11-4-16-51(39)22-25(40)20-39)49-14-6-15-50(18-17-49)37(52)30(42)19-31-44-12-5-13-45-31/h1,3,5,7-10,12-13,19,21,25H,4,6,11,14-18,20,22-23H2/b30-19-/t25-,39+/m1/s1. The number of aromatic nitrogens is 5. The lowest BCUT2D eigenvalue weighted by Gasteiger charge is -2.31. The summed E-state index contributed by atoms with van der Waals surface area (Å²) in [5.74, 6) is -0.404. The molecule has 2 aromatic carbocycles. The van der Waals surface area contributed by atoms with E-state index in [1.165, 1.54) is 29.6 Å². The van der Waals surface area contributed by atoms with E-state index in [4.69, 9.17) is 16.1 Å². The summed E-state index contributed by atoms with van der Waals surface area (Å²) in [6.07, 6.45) is 12.5. The highest BCUT2D eigenvalue weighted by Gasteiger charge is 2.49. The number of nitrogens with zero attached hydrogens (tertiary/aromatic N) is 8. The summed E-state index contributed by atoms with van der Waals surface area (Å²) in [7, 11) is 0.